The average molecular weight is 229 g/mol. The van der Waals surface area contributed by atoms with Gasteiger partial charge in [-0.1, -0.05) is 0 Å². The number of rotatable bonds is 5. The van der Waals surface area contributed by atoms with Gasteiger partial charge in [-0.05, 0) is 30.4 Å². The lowest BCUT2D eigenvalue weighted by Gasteiger charge is -2.13. The highest BCUT2D eigenvalue weighted by atomic mass is 32.1. The molecule has 4 heteroatoms. The van der Waals surface area contributed by atoms with Crippen molar-refractivity contribution in [2.24, 2.45) is 11.3 Å². The summed E-state index contributed by atoms with van der Waals surface area (Å²) in [7, 11) is 0. The minimum Gasteiger partial charge on any atom is -0.381 e. The van der Waals surface area contributed by atoms with Crippen LogP contribution in [0.5, 0.6) is 0 Å². The molecule has 0 radical (unpaired) electrons. The number of carbonyl (C=O) groups excluding carboxylic acids is 1. The van der Waals surface area contributed by atoms with Crippen molar-refractivity contribution in [3.05, 3.63) is 0 Å². The fraction of sp³-hybridized carbons (Fsp3) is 0.909. The molecule has 2 fully saturated rings. The molecule has 1 saturated carbocycles. The summed E-state index contributed by atoms with van der Waals surface area (Å²) in [5, 5.41) is 3.00. The number of thiol groups is 1. The lowest BCUT2D eigenvalue weighted by Crippen LogP contribution is -2.31. The van der Waals surface area contributed by atoms with E-state index in [2.05, 4.69) is 17.9 Å². The quantitative estimate of drug-likeness (QED) is 0.696. The van der Waals surface area contributed by atoms with Crippen molar-refractivity contribution in [2.45, 2.75) is 25.7 Å². The summed E-state index contributed by atoms with van der Waals surface area (Å²) in [6, 6.07) is 0. The first-order valence-electron chi connectivity index (χ1n) is 5.69. The second-order valence-corrected chi connectivity index (χ2v) is 5.18. The van der Waals surface area contributed by atoms with Crippen molar-refractivity contribution < 1.29 is 9.53 Å². The molecule has 0 aromatic heterocycles. The molecular weight excluding hydrogens is 210 g/mol. The summed E-state index contributed by atoms with van der Waals surface area (Å²) in [5.74, 6) is 1.56. The summed E-state index contributed by atoms with van der Waals surface area (Å²) in [5.41, 5.74) is 0.235. The van der Waals surface area contributed by atoms with Crippen LogP contribution in [0.15, 0.2) is 0 Å². The van der Waals surface area contributed by atoms with Crippen LogP contribution in [0.1, 0.15) is 25.7 Å². The molecule has 3 nitrogen and oxygen atoms in total. The van der Waals surface area contributed by atoms with E-state index in [0.717, 1.165) is 44.8 Å². The number of hydrogen-bond donors (Lipinski definition) is 2. The van der Waals surface area contributed by atoms with E-state index in [1.165, 1.54) is 0 Å². The molecule has 15 heavy (non-hydrogen) atoms. The zero-order valence-corrected chi connectivity index (χ0v) is 9.89. The maximum absolute atomic E-state index is 11.6. The van der Waals surface area contributed by atoms with Crippen LogP contribution in [0, 0.1) is 11.3 Å². The molecule has 1 N–H and O–H groups in total. The Bertz CT molecular complexity index is 235. The van der Waals surface area contributed by atoms with Crippen LogP contribution >= 0.6 is 12.6 Å². The van der Waals surface area contributed by atoms with Crippen molar-refractivity contribution >= 4 is 18.5 Å². The summed E-state index contributed by atoms with van der Waals surface area (Å²) in [6.45, 7) is 2.43. The van der Waals surface area contributed by atoms with Crippen molar-refractivity contribution in [1.29, 1.82) is 0 Å². The van der Waals surface area contributed by atoms with E-state index >= 15 is 0 Å². The molecule has 2 rings (SSSR count). The van der Waals surface area contributed by atoms with Gasteiger partial charge < -0.3 is 10.1 Å². The molecular formula is C11H19NO2S. The van der Waals surface area contributed by atoms with Gasteiger partial charge in [0.15, 0.2) is 0 Å². The van der Waals surface area contributed by atoms with Gasteiger partial charge in [-0.15, -0.1) is 0 Å². The highest BCUT2D eigenvalue weighted by molar-refractivity contribution is 7.80. The Morgan fingerprint density at radius 2 is 2.33 bits per heavy atom. The molecule has 0 aromatic carbocycles. The van der Waals surface area contributed by atoms with Gasteiger partial charge in [0.25, 0.3) is 0 Å². The Hall–Kier alpha value is -0.220. The number of hydrogen-bond acceptors (Lipinski definition) is 3. The molecule has 2 aliphatic rings. The number of carbonyl (C=O) groups is 1. The van der Waals surface area contributed by atoms with Crippen molar-refractivity contribution in [3.8, 4) is 0 Å². The monoisotopic (exact) mass is 229 g/mol. The number of amides is 1. The Balaban J connectivity index is 1.64. The summed E-state index contributed by atoms with van der Waals surface area (Å²) in [6.07, 6.45) is 4.06. The third-order valence-electron chi connectivity index (χ3n) is 3.44. The van der Waals surface area contributed by atoms with E-state index in [1.54, 1.807) is 0 Å². The van der Waals surface area contributed by atoms with Gasteiger partial charge in [-0.2, -0.15) is 12.6 Å². The fourth-order valence-electron chi connectivity index (χ4n) is 1.97. The first-order valence-corrected chi connectivity index (χ1v) is 6.33. The zero-order valence-electron chi connectivity index (χ0n) is 9.00. The molecule has 1 aliphatic heterocycles. The van der Waals surface area contributed by atoms with E-state index in [-0.39, 0.29) is 11.3 Å². The highest BCUT2D eigenvalue weighted by Gasteiger charge is 2.42. The topological polar surface area (TPSA) is 38.3 Å². The lowest BCUT2D eigenvalue weighted by atomic mass is 10.0. The Morgan fingerprint density at radius 1 is 1.53 bits per heavy atom. The van der Waals surface area contributed by atoms with Crippen LogP contribution in [0.25, 0.3) is 0 Å². The normalized spacial score (nSPS) is 27.7. The van der Waals surface area contributed by atoms with Crippen LogP contribution in [-0.2, 0) is 9.53 Å². The van der Waals surface area contributed by atoms with Crippen LogP contribution in [0.3, 0.4) is 0 Å². The summed E-state index contributed by atoms with van der Waals surface area (Å²) >= 11 is 4.29. The van der Waals surface area contributed by atoms with Crippen LogP contribution in [-0.4, -0.2) is 31.4 Å². The maximum atomic E-state index is 11.6. The van der Waals surface area contributed by atoms with E-state index in [1.807, 2.05) is 0 Å². The van der Waals surface area contributed by atoms with Gasteiger partial charge in [0.1, 0.15) is 0 Å². The molecule has 1 saturated heterocycles. The van der Waals surface area contributed by atoms with Crippen molar-refractivity contribution in [1.82, 2.24) is 5.32 Å². The molecule has 1 heterocycles. The smallest absolute Gasteiger partial charge is 0.220 e. The maximum Gasteiger partial charge on any atom is 0.220 e. The first kappa shape index (κ1) is 11.3. The van der Waals surface area contributed by atoms with E-state index in [9.17, 15) is 4.79 Å². The molecule has 0 aromatic rings. The second kappa shape index (κ2) is 4.74. The number of nitrogens with one attached hydrogen (secondary N) is 1. The molecule has 1 aliphatic carbocycles. The fourth-order valence-corrected chi connectivity index (χ4v) is 2.40. The van der Waals surface area contributed by atoms with Gasteiger partial charge in [0.05, 0.1) is 6.61 Å². The van der Waals surface area contributed by atoms with Gasteiger partial charge in [-0.3, -0.25) is 4.79 Å². The Labute approximate surface area is 96.4 Å². The van der Waals surface area contributed by atoms with E-state index in [4.69, 9.17) is 4.74 Å². The lowest BCUT2D eigenvalue weighted by molar-refractivity contribution is -0.122. The predicted octanol–water partition coefficient (Wildman–Crippen LogP) is 1.24. The van der Waals surface area contributed by atoms with Gasteiger partial charge in [-0.25, -0.2) is 0 Å². The molecule has 0 bridgehead atoms. The molecule has 1 unspecified atom stereocenters. The SMILES string of the molecule is O=C(CC1(CS)CC1)NCC1CCOC1. The highest BCUT2D eigenvalue weighted by Crippen LogP contribution is 2.49. The van der Waals surface area contributed by atoms with Crippen molar-refractivity contribution in [3.63, 3.8) is 0 Å². The Kier molecular flexibility index (Phi) is 3.57. The van der Waals surface area contributed by atoms with Gasteiger partial charge in [0, 0.05) is 25.5 Å². The van der Waals surface area contributed by atoms with E-state index in [0.29, 0.717) is 12.3 Å². The summed E-state index contributed by atoms with van der Waals surface area (Å²) in [4.78, 5) is 11.6. The minimum absolute atomic E-state index is 0.188. The zero-order chi connectivity index (χ0) is 10.7. The predicted molar refractivity (Wildman–Crippen MR) is 62.1 cm³/mol. The second-order valence-electron chi connectivity index (χ2n) is 4.87. The van der Waals surface area contributed by atoms with Gasteiger partial charge in [0.2, 0.25) is 5.91 Å². The number of ether oxygens (including phenoxy) is 1. The van der Waals surface area contributed by atoms with Crippen LogP contribution < -0.4 is 5.32 Å². The molecule has 1 atom stereocenters. The minimum atomic E-state index is 0.188. The van der Waals surface area contributed by atoms with Gasteiger partial charge >= 0.3 is 0 Å². The largest absolute Gasteiger partial charge is 0.381 e. The molecule has 0 spiro atoms. The van der Waals surface area contributed by atoms with E-state index < -0.39 is 0 Å². The van der Waals surface area contributed by atoms with Crippen LogP contribution in [0.4, 0.5) is 0 Å². The first-order chi connectivity index (χ1) is 7.24. The molecule has 1 amide bonds. The third-order valence-corrected chi connectivity index (χ3v) is 4.11. The average Bonchev–Trinajstić information content (AvgIpc) is 2.80. The standard InChI is InChI=1S/C11H19NO2S/c13-10(5-11(8-15)2-3-11)12-6-9-1-4-14-7-9/h9,15H,1-8H2,(H,12,13). The molecule has 86 valence electrons. The third kappa shape index (κ3) is 3.11. The van der Waals surface area contributed by atoms with Crippen molar-refractivity contribution in [2.75, 3.05) is 25.5 Å². The summed E-state index contributed by atoms with van der Waals surface area (Å²) < 4.78 is 5.26. The van der Waals surface area contributed by atoms with Crippen LogP contribution in [0.2, 0.25) is 0 Å². The Morgan fingerprint density at radius 3 is 2.87 bits per heavy atom.